The molecule has 0 saturated carbocycles. The summed E-state index contributed by atoms with van der Waals surface area (Å²) in [6.45, 7) is 24.8. The maximum Gasteiger partial charge on any atom is 0.410 e. The molecular formula is C63H98N10O13. The number of nitrogens with one attached hydrogen (secondary N) is 4. The van der Waals surface area contributed by atoms with Crippen LogP contribution in [0.2, 0.25) is 0 Å². The first-order valence-corrected chi connectivity index (χ1v) is 29.7. The van der Waals surface area contributed by atoms with Crippen LogP contribution in [0, 0.1) is 35.5 Å². The maximum atomic E-state index is 14.9. The van der Waals surface area contributed by atoms with Gasteiger partial charge in [-0.1, -0.05) is 130 Å². The highest BCUT2D eigenvalue weighted by molar-refractivity contribution is 5.98. The number of carbonyl (C=O) groups is 8. The van der Waals surface area contributed by atoms with Crippen molar-refractivity contribution in [2.75, 3.05) is 53.3 Å². The number of benzene rings is 2. The molecular weight excluding hydrogens is 1100 g/mol. The molecule has 1 saturated heterocycles. The van der Waals surface area contributed by atoms with Crippen LogP contribution in [-0.4, -0.2) is 170 Å². The Morgan fingerprint density at radius 2 is 1.50 bits per heavy atom. The van der Waals surface area contributed by atoms with Crippen molar-refractivity contribution in [3.63, 3.8) is 0 Å². The van der Waals surface area contributed by atoms with Crippen LogP contribution in [0.1, 0.15) is 112 Å². The zero-order chi connectivity index (χ0) is 64.6. The molecule has 0 aromatic heterocycles. The van der Waals surface area contributed by atoms with Gasteiger partial charge in [0.1, 0.15) is 31.4 Å². The number of rotatable bonds is 35. The van der Waals surface area contributed by atoms with E-state index >= 15 is 0 Å². The Morgan fingerprint density at radius 1 is 0.849 bits per heavy atom. The minimum atomic E-state index is -1.92. The van der Waals surface area contributed by atoms with Crippen LogP contribution >= 0.6 is 0 Å². The van der Waals surface area contributed by atoms with E-state index in [-0.39, 0.29) is 81.6 Å². The van der Waals surface area contributed by atoms with Gasteiger partial charge in [-0.25, -0.2) is 14.6 Å². The lowest BCUT2D eigenvalue weighted by Gasteiger charge is -2.43. The van der Waals surface area contributed by atoms with Crippen molar-refractivity contribution < 1.29 is 62.4 Å². The Balaban J connectivity index is 1.75. The molecule has 23 nitrogen and oxygen atoms in total. The quantitative estimate of drug-likeness (QED) is 0.0189. The predicted octanol–water partition coefficient (Wildman–Crippen LogP) is 5.69. The molecule has 2 unspecified atom stereocenters. The van der Waals surface area contributed by atoms with Gasteiger partial charge in [0, 0.05) is 59.0 Å². The molecule has 1 aliphatic heterocycles. The number of ether oxygens (including phenoxy) is 4. The summed E-state index contributed by atoms with van der Waals surface area (Å²) in [6.07, 6.45) is 1.61. The van der Waals surface area contributed by atoms with Crippen molar-refractivity contribution in [3.05, 3.63) is 90.7 Å². The fourth-order valence-corrected chi connectivity index (χ4v) is 10.7. The molecule has 0 bridgehead atoms. The molecule has 9 N–H and O–H groups in total. The SMILES string of the molecule is C=CCOC(=O)C(/C=N/C(=O)[C@H](C)[C@@H](OC)[C@@]1(O)CCCN1C(=O)C[C@@H](OC)[C@H]([C@@H](C)CC)N(C)C(=O)[C@@H](NC(=C)[C@H](C(C)C)N(C)C(=O)OCc1ccc(NC(=O)[C@H](CCCNC(N)=O)NC(=O)C(N)C(C)C)cc1)C(C)C)Cc1ccccc1. The number of primary amides is 1. The summed E-state index contributed by atoms with van der Waals surface area (Å²) in [6, 6.07) is 11.2. The lowest BCUT2D eigenvalue weighted by Crippen LogP contribution is -2.60. The van der Waals surface area contributed by atoms with Crippen LogP contribution in [0.25, 0.3) is 0 Å². The number of anilines is 1. The van der Waals surface area contributed by atoms with Gasteiger partial charge in [0.15, 0.2) is 5.72 Å². The summed E-state index contributed by atoms with van der Waals surface area (Å²) in [4.78, 5) is 116. The van der Waals surface area contributed by atoms with E-state index in [4.69, 9.17) is 30.4 Å². The first-order valence-electron chi connectivity index (χ1n) is 29.7. The Morgan fingerprint density at radius 3 is 2.06 bits per heavy atom. The van der Waals surface area contributed by atoms with Crippen LogP contribution in [-0.2, 0) is 60.7 Å². The number of urea groups is 1. The molecule has 1 aliphatic rings. The van der Waals surface area contributed by atoms with Gasteiger partial charge in [-0.15, -0.1) is 0 Å². The molecule has 3 rings (SSSR count). The summed E-state index contributed by atoms with van der Waals surface area (Å²) < 4.78 is 23.0. The fraction of sp³-hybridized carbons (Fsp3) is 0.603. The van der Waals surface area contributed by atoms with Gasteiger partial charge in [-0.3, -0.25) is 28.8 Å². The molecule has 2 aromatic rings. The van der Waals surface area contributed by atoms with Crippen molar-refractivity contribution in [3.8, 4) is 0 Å². The molecule has 1 fully saturated rings. The number of esters is 1. The van der Waals surface area contributed by atoms with E-state index in [0.29, 0.717) is 36.2 Å². The molecule has 1 heterocycles. The topological polar surface area (TPSA) is 316 Å². The standard InChI is InChI=1S/C63H98N10O13/c1-16-33-85-60(79)46(34-44-23-19-18-20-24-44)36-67-56(75)42(10)55(84-15)63(82)30-22-32-73(63)50(74)35-49(83-14)54(41(9)17-2)71(12)59(78)52(39(5)6)68-43(11)53(40(7)8)72(13)62(81)86-37-45-26-28-47(29-27-45)69-57(76)48(25-21-31-66-61(65)80)70-58(77)51(64)38(3)4/h16,18-20,23-24,26-29,36,38-42,46,48-49,51-55,68,82H,1,11,17,21-22,25,30-35,37,64H2,2-10,12-15H3,(H,69,76)(H,70,77)(H3,65,66,80)/b67-36+/t41-,42+,46?,48-,49+,51?,52-,53-,54-,55+,63-/m0/s1. The summed E-state index contributed by atoms with van der Waals surface area (Å²) in [7, 11) is 6.07. The zero-order valence-electron chi connectivity index (χ0n) is 52.8. The number of likely N-dealkylation sites (tertiary alicyclic amines) is 1. The molecule has 8 amide bonds. The van der Waals surface area contributed by atoms with Crippen molar-refractivity contribution in [2.24, 2.45) is 52.0 Å². The van der Waals surface area contributed by atoms with E-state index < -0.39 is 102 Å². The number of carbonyl (C=O) groups excluding carboxylic acids is 8. The first-order chi connectivity index (χ1) is 40.6. The van der Waals surface area contributed by atoms with Crippen molar-refractivity contribution in [2.45, 2.75) is 162 Å². The lowest BCUT2D eigenvalue weighted by molar-refractivity contribution is -0.196. The Bertz CT molecular complexity index is 2600. The number of aliphatic imine (C=N–C) groups is 1. The highest BCUT2D eigenvalue weighted by atomic mass is 16.6. The first kappa shape index (κ1) is 73.0. The Hall–Kier alpha value is -7.21. The number of methoxy groups -OCH3 is 2. The lowest BCUT2D eigenvalue weighted by atomic mass is 9.88. The average Bonchev–Trinajstić information content (AvgIpc) is 2.34. The smallest absolute Gasteiger partial charge is 0.410 e. The second-order valence-corrected chi connectivity index (χ2v) is 23.3. The molecule has 86 heavy (non-hydrogen) atoms. The molecule has 2 aromatic carbocycles. The number of likely N-dealkylation sites (N-methyl/N-ethyl adjacent to an activating group) is 2. The predicted molar refractivity (Wildman–Crippen MR) is 330 cm³/mol. The van der Waals surface area contributed by atoms with Gasteiger partial charge in [0.2, 0.25) is 23.6 Å². The molecule has 11 atom stereocenters. The molecule has 0 spiro atoms. The number of hydrogen-bond acceptors (Lipinski definition) is 15. The van der Waals surface area contributed by atoms with Crippen LogP contribution in [0.4, 0.5) is 15.3 Å². The van der Waals surface area contributed by atoms with Gasteiger partial charge in [0.05, 0.1) is 42.5 Å². The number of hydrogen-bond donors (Lipinski definition) is 7. The van der Waals surface area contributed by atoms with E-state index in [1.807, 2.05) is 71.9 Å². The van der Waals surface area contributed by atoms with Gasteiger partial charge < -0.3 is 71.5 Å². The summed E-state index contributed by atoms with van der Waals surface area (Å²) >= 11 is 0. The summed E-state index contributed by atoms with van der Waals surface area (Å²) in [5.41, 5.74) is 11.5. The number of amides is 8. The third-order valence-electron chi connectivity index (χ3n) is 15.8. The average molecular weight is 1200 g/mol. The van der Waals surface area contributed by atoms with Crippen molar-refractivity contribution >= 4 is 59.5 Å². The summed E-state index contributed by atoms with van der Waals surface area (Å²) in [5, 5.41) is 23.8. The van der Waals surface area contributed by atoms with Gasteiger partial charge >= 0.3 is 18.1 Å². The van der Waals surface area contributed by atoms with Gasteiger partial charge in [-0.05, 0) is 79.0 Å². The van der Waals surface area contributed by atoms with E-state index in [0.717, 1.165) is 5.56 Å². The third-order valence-corrected chi connectivity index (χ3v) is 15.8. The van der Waals surface area contributed by atoms with E-state index in [1.54, 1.807) is 64.0 Å². The normalized spacial score (nSPS) is 17.7. The number of nitrogens with zero attached hydrogens (tertiary/aromatic N) is 4. The van der Waals surface area contributed by atoms with E-state index in [9.17, 15) is 43.5 Å². The second kappa shape index (κ2) is 35.4. The largest absolute Gasteiger partial charge is 0.461 e. The van der Waals surface area contributed by atoms with Gasteiger partial charge in [0.25, 0.3) is 5.91 Å². The second-order valence-electron chi connectivity index (χ2n) is 23.3. The summed E-state index contributed by atoms with van der Waals surface area (Å²) in [5.74, 6) is -5.85. The van der Waals surface area contributed by atoms with Crippen LogP contribution in [0.5, 0.6) is 0 Å². The number of aliphatic hydroxyl groups is 1. The highest BCUT2D eigenvalue weighted by Crippen LogP contribution is 2.37. The van der Waals surface area contributed by atoms with Crippen LogP contribution in [0.15, 0.2) is 84.5 Å². The highest BCUT2D eigenvalue weighted by Gasteiger charge is 2.52. The fourth-order valence-electron chi connectivity index (χ4n) is 10.7. The van der Waals surface area contributed by atoms with E-state index in [1.165, 1.54) is 36.3 Å². The van der Waals surface area contributed by atoms with Crippen LogP contribution < -0.4 is 32.7 Å². The monoisotopic (exact) mass is 1200 g/mol. The maximum absolute atomic E-state index is 14.9. The van der Waals surface area contributed by atoms with Crippen LogP contribution in [0.3, 0.4) is 0 Å². The minimum absolute atomic E-state index is 0.0212. The Kier molecular flexibility index (Phi) is 30.1. The minimum Gasteiger partial charge on any atom is -0.461 e. The number of nitrogens with two attached hydrogens (primary N) is 2. The van der Waals surface area contributed by atoms with Gasteiger partial charge in [-0.2, -0.15) is 0 Å². The zero-order valence-corrected chi connectivity index (χ0v) is 52.8. The molecule has 0 radical (unpaired) electrons. The molecule has 478 valence electrons. The Labute approximate surface area is 508 Å². The van der Waals surface area contributed by atoms with Crippen molar-refractivity contribution in [1.82, 2.24) is 30.7 Å². The van der Waals surface area contributed by atoms with Crippen molar-refractivity contribution in [1.29, 1.82) is 0 Å². The molecule has 23 heteroatoms. The third kappa shape index (κ3) is 21.0. The molecule has 0 aliphatic carbocycles. The van der Waals surface area contributed by atoms with E-state index in [2.05, 4.69) is 39.4 Å².